The highest BCUT2D eigenvalue weighted by atomic mass is 16.5. The van der Waals surface area contributed by atoms with Crippen LogP contribution in [-0.2, 0) is 16.0 Å². The lowest BCUT2D eigenvalue weighted by molar-refractivity contribution is -0.122. The maximum Gasteiger partial charge on any atom is 0.133 e. The van der Waals surface area contributed by atoms with Crippen LogP contribution in [0, 0.1) is 11.8 Å². The monoisotopic (exact) mass is 264 g/mol. The summed E-state index contributed by atoms with van der Waals surface area (Å²) in [6.45, 7) is 6.77. The van der Waals surface area contributed by atoms with Crippen molar-refractivity contribution < 1.29 is 13.9 Å². The summed E-state index contributed by atoms with van der Waals surface area (Å²) in [5.74, 6) is 1.82. The fourth-order valence-electron chi connectivity index (χ4n) is 3.03. The van der Waals surface area contributed by atoms with Crippen LogP contribution in [0.3, 0.4) is 0 Å². The fraction of sp³-hybridized carbons (Fsp3) is 0.688. The van der Waals surface area contributed by atoms with Crippen molar-refractivity contribution in [1.82, 2.24) is 0 Å². The van der Waals surface area contributed by atoms with E-state index < -0.39 is 0 Å². The molecule has 1 saturated heterocycles. The molecule has 0 aliphatic carbocycles. The second-order valence-electron chi connectivity index (χ2n) is 6.29. The Kier molecular flexibility index (Phi) is 4.46. The molecular weight excluding hydrogens is 240 g/mol. The van der Waals surface area contributed by atoms with Crippen molar-refractivity contribution in [3.05, 3.63) is 24.2 Å². The van der Waals surface area contributed by atoms with Crippen LogP contribution < -0.4 is 0 Å². The van der Waals surface area contributed by atoms with Gasteiger partial charge in [0.05, 0.1) is 11.9 Å². The van der Waals surface area contributed by atoms with Gasteiger partial charge in [0.2, 0.25) is 0 Å². The number of hydrogen-bond acceptors (Lipinski definition) is 3. The third kappa shape index (κ3) is 4.20. The molecule has 2 heterocycles. The predicted molar refractivity (Wildman–Crippen MR) is 74.0 cm³/mol. The normalized spacial score (nSPS) is 24.1. The van der Waals surface area contributed by atoms with Gasteiger partial charge in [0.15, 0.2) is 0 Å². The molecule has 1 aliphatic heterocycles. The molecule has 19 heavy (non-hydrogen) atoms. The van der Waals surface area contributed by atoms with Crippen LogP contribution in [0.4, 0.5) is 0 Å². The predicted octanol–water partition coefficient (Wildman–Crippen LogP) is 3.62. The van der Waals surface area contributed by atoms with Gasteiger partial charge in [-0.25, -0.2) is 0 Å². The summed E-state index contributed by atoms with van der Waals surface area (Å²) in [7, 11) is 0. The first-order chi connectivity index (χ1) is 8.96. The molecule has 1 fully saturated rings. The smallest absolute Gasteiger partial charge is 0.133 e. The molecule has 0 spiro atoms. The van der Waals surface area contributed by atoms with Gasteiger partial charge in [0.1, 0.15) is 11.5 Å². The molecule has 0 radical (unpaired) electrons. The summed E-state index contributed by atoms with van der Waals surface area (Å²) in [4.78, 5) is 11.8. The molecule has 0 saturated carbocycles. The van der Waals surface area contributed by atoms with E-state index in [1.165, 1.54) is 0 Å². The van der Waals surface area contributed by atoms with Crippen molar-refractivity contribution in [3.8, 4) is 0 Å². The summed E-state index contributed by atoms with van der Waals surface area (Å²) in [6.07, 6.45) is 5.44. The molecule has 0 aromatic carbocycles. The summed E-state index contributed by atoms with van der Waals surface area (Å²) >= 11 is 0. The summed E-state index contributed by atoms with van der Waals surface area (Å²) in [6, 6.07) is 3.83. The fourth-order valence-corrected chi connectivity index (χ4v) is 3.03. The first-order valence-corrected chi connectivity index (χ1v) is 7.13. The van der Waals surface area contributed by atoms with Gasteiger partial charge in [-0.15, -0.1) is 0 Å². The highest BCUT2D eigenvalue weighted by Gasteiger charge is 2.31. The van der Waals surface area contributed by atoms with Gasteiger partial charge in [-0.3, -0.25) is 4.79 Å². The van der Waals surface area contributed by atoms with Gasteiger partial charge in [-0.1, -0.05) is 0 Å². The SMILES string of the molecule is CC(=O)[C@@H](Cc1ccco1)C[C@H]1CCOC(C)(C)C1. The highest BCUT2D eigenvalue weighted by molar-refractivity contribution is 5.78. The van der Waals surface area contributed by atoms with Gasteiger partial charge in [0.25, 0.3) is 0 Å². The maximum absolute atomic E-state index is 11.8. The maximum atomic E-state index is 11.8. The average Bonchev–Trinajstić information content (AvgIpc) is 2.79. The van der Waals surface area contributed by atoms with Crippen LogP contribution in [0.2, 0.25) is 0 Å². The van der Waals surface area contributed by atoms with E-state index in [2.05, 4.69) is 13.8 Å². The third-order valence-electron chi connectivity index (χ3n) is 4.02. The van der Waals surface area contributed by atoms with E-state index in [1.54, 1.807) is 13.2 Å². The zero-order valence-electron chi connectivity index (χ0n) is 12.1. The molecule has 0 unspecified atom stereocenters. The van der Waals surface area contributed by atoms with Gasteiger partial charge >= 0.3 is 0 Å². The van der Waals surface area contributed by atoms with E-state index in [1.807, 2.05) is 12.1 Å². The van der Waals surface area contributed by atoms with Crippen LogP contribution in [0.25, 0.3) is 0 Å². The van der Waals surface area contributed by atoms with E-state index in [-0.39, 0.29) is 17.3 Å². The number of furan rings is 1. The van der Waals surface area contributed by atoms with Crippen molar-refractivity contribution >= 4 is 5.78 Å². The zero-order chi connectivity index (χ0) is 13.9. The van der Waals surface area contributed by atoms with E-state index in [4.69, 9.17) is 9.15 Å². The van der Waals surface area contributed by atoms with Crippen molar-refractivity contribution in [2.75, 3.05) is 6.61 Å². The molecule has 2 rings (SSSR count). The Morgan fingerprint density at radius 1 is 1.53 bits per heavy atom. The number of Topliss-reactive ketones (excluding diaryl/α,β-unsaturated/α-hetero) is 1. The number of rotatable bonds is 5. The van der Waals surface area contributed by atoms with Crippen molar-refractivity contribution in [1.29, 1.82) is 0 Å². The number of ether oxygens (including phenoxy) is 1. The first kappa shape index (κ1) is 14.3. The Morgan fingerprint density at radius 2 is 2.32 bits per heavy atom. The number of carbonyl (C=O) groups is 1. The molecule has 3 nitrogen and oxygen atoms in total. The highest BCUT2D eigenvalue weighted by Crippen LogP contribution is 2.33. The molecular formula is C16H24O3. The Morgan fingerprint density at radius 3 is 2.89 bits per heavy atom. The third-order valence-corrected chi connectivity index (χ3v) is 4.02. The first-order valence-electron chi connectivity index (χ1n) is 7.13. The Bertz CT molecular complexity index is 406. The average molecular weight is 264 g/mol. The van der Waals surface area contributed by atoms with Crippen molar-refractivity contribution in [2.24, 2.45) is 11.8 Å². The van der Waals surface area contributed by atoms with Crippen LogP contribution in [0.1, 0.15) is 45.8 Å². The minimum Gasteiger partial charge on any atom is -0.469 e. The number of carbonyl (C=O) groups excluding carboxylic acids is 1. The van der Waals surface area contributed by atoms with Crippen LogP contribution in [0.15, 0.2) is 22.8 Å². The molecule has 0 N–H and O–H groups in total. The number of ketones is 1. The quantitative estimate of drug-likeness (QED) is 0.815. The van der Waals surface area contributed by atoms with Gasteiger partial charge in [-0.05, 0) is 58.1 Å². The minimum absolute atomic E-state index is 0.0467. The Hall–Kier alpha value is -1.09. The van der Waals surface area contributed by atoms with Gasteiger partial charge in [0, 0.05) is 18.9 Å². The Labute approximate surface area is 115 Å². The largest absolute Gasteiger partial charge is 0.469 e. The molecule has 0 bridgehead atoms. The summed E-state index contributed by atoms with van der Waals surface area (Å²) < 4.78 is 11.1. The summed E-state index contributed by atoms with van der Waals surface area (Å²) in [5, 5.41) is 0. The second kappa shape index (κ2) is 5.91. The molecule has 1 aromatic rings. The van der Waals surface area contributed by atoms with E-state index in [9.17, 15) is 4.79 Å². The number of hydrogen-bond donors (Lipinski definition) is 0. The van der Waals surface area contributed by atoms with E-state index in [0.29, 0.717) is 5.92 Å². The molecule has 1 aromatic heterocycles. The lowest BCUT2D eigenvalue weighted by atomic mass is 9.80. The van der Waals surface area contributed by atoms with Crippen molar-refractivity contribution in [3.63, 3.8) is 0 Å². The molecule has 106 valence electrons. The Balaban J connectivity index is 1.95. The van der Waals surface area contributed by atoms with Crippen LogP contribution in [0.5, 0.6) is 0 Å². The van der Waals surface area contributed by atoms with E-state index in [0.717, 1.165) is 38.1 Å². The molecule has 1 aliphatic rings. The second-order valence-corrected chi connectivity index (χ2v) is 6.29. The standard InChI is InChI=1S/C16H24O3/c1-12(17)14(10-15-5-4-7-18-15)9-13-6-8-19-16(2,3)11-13/h4-5,7,13-14H,6,8-11H2,1-3H3/t13-,14-/m1/s1. The summed E-state index contributed by atoms with van der Waals surface area (Å²) in [5.41, 5.74) is -0.0467. The molecule has 2 atom stereocenters. The van der Waals surface area contributed by atoms with Crippen LogP contribution >= 0.6 is 0 Å². The lowest BCUT2D eigenvalue weighted by Crippen LogP contribution is -2.35. The van der Waals surface area contributed by atoms with Crippen LogP contribution in [-0.4, -0.2) is 18.0 Å². The topological polar surface area (TPSA) is 39.4 Å². The van der Waals surface area contributed by atoms with Crippen molar-refractivity contribution in [2.45, 2.75) is 52.1 Å². The zero-order valence-corrected chi connectivity index (χ0v) is 12.1. The van der Waals surface area contributed by atoms with E-state index >= 15 is 0 Å². The molecule has 3 heteroatoms. The van der Waals surface area contributed by atoms with Gasteiger partial charge < -0.3 is 9.15 Å². The van der Waals surface area contributed by atoms with Gasteiger partial charge in [-0.2, -0.15) is 0 Å². The molecule has 0 amide bonds. The lowest BCUT2D eigenvalue weighted by Gasteiger charge is -2.36. The minimum atomic E-state index is -0.0467.